The summed E-state index contributed by atoms with van der Waals surface area (Å²) < 4.78 is 4.91. The monoisotopic (exact) mass is 274 g/mol. The number of aromatic nitrogens is 1. The van der Waals surface area contributed by atoms with Crippen molar-refractivity contribution in [2.24, 2.45) is 0 Å². The van der Waals surface area contributed by atoms with Crippen molar-refractivity contribution in [3.05, 3.63) is 41.0 Å². The highest BCUT2D eigenvalue weighted by Crippen LogP contribution is 2.27. The Hall–Kier alpha value is -2.12. The van der Waals surface area contributed by atoms with Crippen molar-refractivity contribution >= 4 is 28.5 Å². The van der Waals surface area contributed by atoms with Crippen LogP contribution in [0.25, 0.3) is 10.9 Å². The molecule has 0 saturated heterocycles. The molecule has 0 fully saturated rings. The molecule has 0 saturated carbocycles. The van der Waals surface area contributed by atoms with Crippen LogP contribution >= 0.6 is 11.6 Å². The van der Waals surface area contributed by atoms with Crippen molar-refractivity contribution in [2.75, 3.05) is 6.61 Å². The number of carbonyl (C=O) groups is 1. The van der Waals surface area contributed by atoms with Crippen LogP contribution in [0.5, 0.6) is 0 Å². The molecule has 1 heterocycles. The number of hydrogen-bond acceptors (Lipinski definition) is 4. The third-order valence-electron chi connectivity index (χ3n) is 2.70. The number of pyridine rings is 1. The molecule has 0 amide bonds. The molecular formula is C14H11ClN2O2. The summed E-state index contributed by atoms with van der Waals surface area (Å²) in [6.07, 6.45) is 1.55. The molecular weight excluding hydrogens is 264 g/mol. The van der Waals surface area contributed by atoms with Gasteiger partial charge < -0.3 is 4.74 Å². The first-order valence-corrected chi connectivity index (χ1v) is 6.15. The van der Waals surface area contributed by atoms with E-state index in [0.717, 1.165) is 5.39 Å². The molecule has 0 spiro atoms. The molecule has 0 bridgehead atoms. The minimum absolute atomic E-state index is 0.242. The van der Waals surface area contributed by atoms with Gasteiger partial charge in [-0.05, 0) is 30.7 Å². The van der Waals surface area contributed by atoms with E-state index in [1.807, 2.05) is 6.07 Å². The molecule has 19 heavy (non-hydrogen) atoms. The third-order valence-corrected chi connectivity index (χ3v) is 2.94. The maximum absolute atomic E-state index is 11.8. The van der Waals surface area contributed by atoms with E-state index in [1.165, 1.54) is 0 Å². The van der Waals surface area contributed by atoms with Crippen LogP contribution in [0.4, 0.5) is 0 Å². The van der Waals surface area contributed by atoms with Crippen LogP contribution in [0.15, 0.2) is 30.5 Å². The highest BCUT2D eigenvalue weighted by molar-refractivity contribution is 6.31. The summed E-state index contributed by atoms with van der Waals surface area (Å²) in [6, 6.07) is 8.78. The van der Waals surface area contributed by atoms with Crippen molar-refractivity contribution in [1.29, 1.82) is 5.26 Å². The molecule has 0 N–H and O–H groups in total. The van der Waals surface area contributed by atoms with Crippen LogP contribution in [0, 0.1) is 11.3 Å². The number of benzene rings is 1. The Morgan fingerprint density at radius 2 is 2.32 bits per heavy atom. The van der Waals surface area contributed by atoms with Gasteiger partial charge in [0.25, 0.3) is 0 Å². The average Bonchev–Trinajstić information content (AvgIpc) is 2.39. The van der Waals surface area contributed by atoms with Gasteiger partial charge in [0, 0.05) is 16.6 Å². The largest absolute Gasteiger partial charge is 0.465 e. The van der Waals surface area contributed by atoms with E-state index in [-0.39, 0.29) is 6.61 Å². The van der Waals surface area contributed by atoms with Crippen LogP contribution in [0.2, 0.25) is 5.02 Å². The second-order valence-corrected chi connectivity index (χ2v) is 4.31. The molecule has 96 valence electrons. The molecule has 2 aromatic rings. The quantitative estimate of drug-likeness (QED) is 0.807. The van der Waals surface area contributed by atoms with E-state index in [1.54, 1.807) is 37.4 Å². The van der Waals surface area contributed by atoms with Crippen molar-refractivity contribution < 1.29 is 9.53 Å². The zero-order valence-electron chi connectivity index (χ0n) is 10.3. The summed E-state index contributed by atoms with van der Waals surface area (Å²) in [6.45, 7) is 1.95. The fourth-order valence-corrected chi connectivity index (χ4v) is 2.04. The Bertz CT molecular complexity index is 664. The summed E-state index contributed by atoms with van der Waals surface area (Å²) in [5.41, 5.74) is 1.23. The van der Waals surface area contributed by atoms with Gasteiger partial charge in [-0.15, -0.1) is 0 Å². The molecule has 1 atom stereocenters. The third kappa shape index (κ3) is 2.67. The SMILES string of the molecule is CCOC(=O)C(C#N)c1ccnc2cc(Cl)ccc12. The van der Waals surface area contributed by atoms with Gasteiger partial charge in [0.2, 0.25) is 0 Å². The number of nitriles is 1. The molecule has 1 unspecified atom stereocenters. The first-order valence-electron chi connectivity index (χ1n) is 5.77. The predicted molar refractivity (Wildman–Crippen MR) is 71.7 cm³/mol. The lowest BCUT2D eigenvalue weighted by Gasteiger charge is -2.11. The van der Waals surface area contributed by atoms with Gasteiger partial charge in [0.05, 0.1) is 18.2 Å². The topological polar surface area (TPSA) is 63.0 Å². The van der Waals surface area contributed by atoms with E-state index >= 15 is 0 Å². The summed E-state index contributed by atoms with van der Waals surface area (Å²) in [7, 11) is 0. The van der Waals surface area contributed by atoms with Crippen LogP contribution in [0.3, 0.4) is 0 Å². The van der Waals surface area contributed by atoms with E-state index in [2.05, 4.69) is 4.98 Å². The number of rotatable bonds is 3. The van der Waals surface area contributed by atoms with Crippen molar-refractivity contribution in [3.8, 4) is 6.07 Å². The number of ether oxygens (including phenoxy) is 1. The molecule has 5 heteroatoms. The number of fused-ring (bicyclic) bond motifs is 1. The molecule has 2 rings (SSSR count). The molecule has 0 aliphatic heterocycles. The summed E-state index contributed by atoms with van der Waals surface area (Å²) in [5, 5.41) is 10.5. The van der Waals surface area contributed by atoms with Gasteiger partial charge in [-0.25, -0.2) is 0 Å². The predicted octanol–water partition coefficient (Wildman–Crippen LogP) is 3.06. The highest BCUT2D eigenvalue weighted by Gasteiger charge is 2.23. The Kier molecular flexibility index (Phi) is 3.98. The molecule has 0 radical (unpaired) electrons. The number of halogens is 1. The second-order valence-electron chi connectivity index (χ2n) is 3.88. The first kappa shape index (κ1) is 13.3. The summed E-state index contributed by atoms with van der Waals surface area (Å²) >= 11 is 5.90. The maximum atomic E-state index is 11.8. The minimum atomic E-state index is -0.952. The van der Waals surface area contributed by atoms with Crippen LogP contribution < -0.4 is 0 Å². The summed E-state index contributed by atoms with van der Waals surface area (Å²) in [5.74, 6) is -1.50. The summed E-state index contributed by atoms with van der Waals surface area (Å²) in [4.78, 5) is 16.0. The van der Waals surface area contributed by atoms with Crippen molar-refractivity contribution in [3.63, 3.8) is 0 Å². The molecule has 4 nitrogen and oxygen atoms in total. The van der Waals surface area contributed by atoms with E-state index in [9.17, 15) is 10.1 Å². The number of carbonyl (C=O) groups excluding carboxylic acids is 1. The molecule has 1 aromatic carbocycles. The highest BCUT2D eigenvalue weighted by atomic mass is 35.5. The minimum Gasteiger partial charge on any atom is -0.465 e. The number of nitrogens with zero attached hydrogens (tertiary/aromatic N) is 2. The van der Waals surface area contributed by atoms with Gasteiger partial charge in [-0.1, -0.05) is 17.7 Å². The van der Waals surface area contributed by atoms with Crippen LogP contribution in [0.1, 0.15) is 18.4 Å². The smallest absolute Gasteiger partial charge is 0.327 e. The van der Waals surface area contributed by atoms with Crippen molar-refractivity contribution in [1.82, 2.24) is 4.98 Å². The van der Waals surface area contributed by atoms with Crippen molar-refractivity contribution in [2.45, 2.75) is 12.8 Å². The van der Waals surface area contributed by atoms with E-state index in [0.29, 0.717) is 16.1 Å². The van der Waals surface area contributed by atoms with E-state index in [4.69, 9.17) is 16.3 Å². The zero-order valence-corrected chi connectivity index (χ0v) is 11.0. The molecule has 0 aliphatic rings. The lowest BCUT2D eigenvalue weighted by Crippen LogP contribution is -2.14. The van der Waals surface area contributed by atoms with Gasteiger partial charge in [0.15, 0.2) is 5.92 Å². The molecule has 1 aromatic heterocycles. The van der Waals surface area contributed by atoms with Gasteiger partial charge in [-0.3, -0.25) is 9.78 Å². The molecule has 0 aliphatic carbocycles. The fourth-order valence-electron chi connectivity index (χ4n) is 1.87. The standard InChI is InChI=1S/C14H11ClN2O2/c1-2-19-14(18)12(8-16)10-5-6-17-13-7-9(15)3-4-11(10)13/h3-7,12H,2H2,1H3. The maximum Gasteiger partial charge on any atom is 0.327 e. The lowest BCUT2D eigenvalue weighted by molar-refractivity contribution is -0.143. The zero-order chi connectivity index (χ0) is 13.8. The fraction of sp³-hybridized carbons (Fsp3) is 0.214. The second kappa shape index (κ2) is 5.68. The Balaban J connectivity index is 2.55. The Morgan fingerprint density at radius 3 is 3.00 bits per heavy atom. The van der Waals surface area contributed by atoms with E-state index < -0.39 is 11.9 Å². The van der Waals surface area contributed by atoms with Crippen LogP contribution in [-0.4, -0.2) is 17.6 Å². The Labute approximate surface area is 115 Å². The van der Waals surface area contributed by atoms with Gasteiger partial charge in [-0.2, -0.15) is 5.26 Å². The van der Waals surface area contributed by atoms with Crippen LogP contribution in [-0.2, 0) is 9.53 Å². The number of esters is 1. The Morgan fingerprint density at radius 1 is 1.53 bits per heavy atom. The lowest BCUT2D eigenvalue weighted by atomic mass is 9.97. The average molecular weight is 275 g/mol. The van der Waals surface area contributed by atoms with Gasteiger partial charge >= 0.3 is 5.97 Å². The normalized spacial score (nSPS) is 11.8. The first-order chi connectivity index (χ1) is 9.17. The van der Waals surface area contributed by atoms with Gasteiger partial charge in [0.1, 0.15) is 0 Å². The number of hydrogen-bond donors (Lipinski definition) is 0.